The van der Waals surface area contributed by atoms with E-state index < -0.39 is 0 Å². The highest BCUT2D eigenvalue weighted by molar-refractivity contribution is 5.23. The van der Waals surface area contributed by atoms with Gasteiger partial charge in [0.1, 0.15) is 0 Å². The van der Waals surface area contributed by atoms with Crippen molar-refractivity contribution in [2.24, 2.45) is 5.84 Å². The Morgan fingerprint density at radius 3 is 2.19 bits per heavy atom. The van der Waals surface area contributed by atoms with E-state index in [9.17, 15) is 0 Å². The average Bonchev–Trinajstić information content (AvgIpc) is 2.98. The van der Waals surface area contributed by atoms with Crippen LogP contribution in [0.5, 0.6) is 0 Å². The third-order valence-corrected chi connectivity index (χ3v) is 5.27. The Hall–Kier alpha value is -0.900. The summed E-state index contributed by atoms with van der Waals surface area (Å²) in [6.45, 7) is 8.87. The topological polar surface area (TPSA) is 41.3 Å². The van der Waals surface area contributed by atoms with Crippen LogP contribution >= 0.6 is 0 Å². The molecule has 2 rings (SSSR count). The molecule has 0 aromatic heterocycles. The summed E-state index contributed by atoms with van der Waals surface area (Å²) in [6.07, 6.45) is 6.17. The van der Waals surface area contributed by atoms with Crippen molar-refractivity contribution in [2.45, 2.75) is 64.5 Å². The minimum atomic E-state index is 0.225. The van der Waals surface area contributed by atoms with E-state index >= 15 is 0 Å². The van der Waals surface area contributed by atoms with Gasteiger partial charge in [0.15, 0.2) is 0 Å². The number of nitrogens with one attached hydrogen (secondary N) is 1. The molecular weight excluding hydrogens is 258 g/mol. The number of benzene rings is 1. The molecule has 0 bridgehead atoms. The molecule has 0 radical (unpaired) electrons. The lowest BCUT2D eigenvalue weighted by Gasteiger charge is -2.46. The van der Waals surface area contributed by atoms with Gasteiger partial charge in [-0.05, 0) is 44.8 Å². The Balaban J connectivity index is 2.21. The third-order valence-electron chi connectivity index (χ3n) is 5.27. The van der Waals surface area contributed by atoms with Crippen molar-refractivity contribution in [1.29, 1.82) is 0 Å². The van der Waals surface area contributed by atoms with Gasteiger partial charge in [0, 0.05) is 11.6 Å². The Labute approximate surface area is 129 Å². The normalized spacial score (nSPS) is 19.1. The number of rotatable bonds is 7. The summed E-state index contributed by atoms with van der Waals surface area (Å²) in [4.78, 5) is 2.62. The predicted molar refractivity (Wildman–Crippen MR) is 90.1 cm³/mol. The number of likely N-dealkylation sites (N-methyl/N-ethyl adjacent to an activating group) is 1. The molecule has 1 aliphatic rings. The van der Waals surface area contributed by atoms with Crippen LogP contribution in [0.15, 0.2) is 24.3 Å². The fourth-order valence-electron chi connectivity index (χ4n) is 4.09. The standard InChI is InChI=1S/C18H31N3/c1-4-21(5-2)18(12-6-7-13-18)17(20-19)14-16-10-8-15(3)9-11-16/h8-11,17,20H,4-7,12-14,19H2,1-3H3. The van der Waals surface area contributed by atoms with Gasteiger partial charge in [-0.15, -0.1) is 0 Å². The van der Waals surface area contributed by atoms with E-state index in [0.29, 0.717) is 6.04 Å². The van der Waals surface area contributed by atoms with E-state index in [2.05, 4.69) is 55.4 Å². The highest BCUT2D eigenvalue weighted by Crippen LogP contribution is 2.39. The smallest absolute Gasteiger partial charge is 0.0435 e. The van der Waals surface area contributed by atoms with Gasteiger partial charge in [-0.25, -0.2) is 0 Å². The average molecular weight is 289 g/mol. The molecule has 1 fully saturated rings. The molecule has 1 atom stereocenters. The first kappa shape index (κ1) is 16.5. The van der Waals surface area contributed by atoms with Crippen molar-refractivity contribution < 1.29 is 0 Å². The van der Waals surface area contributed by atoms with E-state index in [1.807, 2.05) is 0 Å². The summed E-state index contributed by atoms with van der Waals surface area (Å²) in [5.41, 5.74) is 6.07. The largest absolute Gasteiger partial charge is 0.297 e. The van der Waals surface area contributed by atoms with Crippen molar-refractivity contribution in [2.75, 3.05) is 13.1 Å². The number of hydrogen-bond acceptors (Lipinski definition) is 3. The van der Waals surface area contributed by atoms with Crippen LogP contribution in [0.3, 0.4) is 0 Å². The minimum absolute atomic E-state index is 0.225. The molecule has 3 heteroatoms. The fourth-order valence-corrected chi connectivity index (χ4v) is 4.09. The van der Waals surface area contributed by atoms with Crippen molar-refractivity contribution in [3.63, 3.8) is 0 Å². The molecular formula is C18H31N3. The van der Waals surface area contributed by atoms with Crippen LogP contribution in [-0.2, 0) is 6.42 Å². The lowest BCUT2D eigenvalue weighted by atomic mass is 9.82. The first-order valence-corrected chi connectivity index (χ1v) is 8.43. The monoisotopic (exact) mass is 289 g/mol. The first-order chi connectivity index (χ1) is 10.2. The van der Waals surface area contributed by atoms with Gasteiger partial charge in [-0.3, -0.25) is 16.2 Å². The quantitative estimate of drug-likeness (QED) is 0.599. The van der Waals surface area contributed by atoms with E-state index in [1.165, 1.54) is 36.8 Å². The molecule has 1 aliphatic carbocycles. The van der Waals surface area contributed by atoms with Crippen molar-refractivity contribution >= 4 is 0 Å². The van der Waals surface area contributed by atoms with Gasteiger partial charge in [-0.2, -0.15) is 0 Å². The Kier molecular flexibility index (Phi) is 5.80. The second kappa shape index (κ2) is 7.39. The van der Waals surface area contributed by atoms with Gasteiger partial charge >= 0.3 is 0 Å². The summed E-state index contributed by atoms with van der Waals surface area (Å²) in [5, 5.41) is 0. The van der Waals surface area contributed by atoms with E-state index in [0.717, 1.165) is 19.5 Å². The maximum atomic E-state index is 5.99. The summed E-state index contributed by atoms with van der Waals surface area (Å²) in [5.74, 6) is 5.99. The molecule has 0 spiro atoms. The molecule has 1 unspecified atom stereocenters. The molecule has 21 heavy (non-hydrogen) atoms. The molecule has 1 aromatic rings. The summed E-state index contributed by atoms with van der Waals surface area (Å²) < 4.78 is 0. The van der Waals surface area contributed by atoms with Gasteiger partial charge in [0.2, 0.25) is 0 Å². The molecule has 3 N–H and O–H groups in total. The summed E-state index contributed by atoms with van der Waals surface area (Å²) in [6, 6.07) is 9.20. The Morgan fingerprint density at radius 2 is 1.71 bits per heavy atom. The van der Waals surface area contributed by atoms with Crippen LogP contribution in [0, 0.1) is 6.92 Å². The summed E-state index contributed by atoms with van der Waals surface area (Å²) in [7, 11) is 0. The van der Waals surface area contributed by atoms with Crippen LogP contribution < -0.4 is 11.3 Å². The molecule has 0 aliphatic heterocycles. The second-order valence-corrected chi connectivity index (χ2v) is 6.39. The molecule has 3 nitrogen and oxygen atoms in total. The molecule has 1 aromatic carbocycles. The van der Waals surface area contributed by atoms with E-state index in [4.69, 9.17) is 5.84 Å². The van der Waals surface area contributed by atoms with Crippen molar-refractivity contribution in [3.8, 4) is 0 Å². The van der Waals surface area contributed by atoms with Gasteiger partial charge in [-0.1, -0.05) is 56.5 Å². The Bertz CT molecular complexity index is 417. The zero-order valence-electron chi connectivity index (χ0n) is 13.9. The zero-order valence-corrected chi connectivity index (χ0v) is 13.9. The number of hydrazine groups is 1. The number of nitrogens with zero attached hydrogens (tertiary/aromatic N) is 1. The maximum Gasteiger partial charge on any atom is 0.0435 e. The SMILES string of the molecule is CCN(CC)C1(C(Cc2ccc(C)cc2)NN)CCCC1. The van der Waals surface area contributed by atoms with Crippen molar-refractivity contribution in [1.82, 2.24) is 10.3 Å². The molecule has 118 valence electrons. The number of hydrogen-bond donors (Lipinski definition) is 2. The zero-order chi connectivity index (χ0) is 15.3. The van der Waals surface area contributed by atoms with Crippen LogP contribution in [0.25, 0.3) is 0 Å². The molecule has 0 saturated heterocycles. The minimum Gasteiger partial charge on any atom is -0.297 e. The van der Waals surface area contributed by atoms with E-state index in [1.54, 1.807) is 0 Å². The van der Waals surface area contributed by atoms with Crippen LogP contribution in [0.4, 0.5) is 0 Å². The van der Waals surface area contributed by atoms with Gasteiger partial charge in [0.05, 0.1) is 0 Å². The highest BCUT2D eigenvalue weighted by atomic mass is 15.3. The molecule has 0 amide bonds. The lowest BCUT2D eigenvalue weighted by Crippen LogP contribution is -2.62. The number of aryl methyl sites for hydroxylation is 1. The van der Waals surface area contributed by atoms with Gasteiger partial charge in [0.25, 0.3) is 0 Å². The van der Waals surface area contributed by atoms with Crippen LogP contribution in [0.2, 0.25) is 0 Å². The highest BCUT2D eigenvalue weighted by Gasteiger charge is 2.44. The summed E-state index contributed by atoms with van der Waals surface area (Å²) >= 11 is 0. The lowest BCUT2D eigenvalue weighted by molar-refractivity contribution is 0.0630. The molecule has 1 saturated carbocycles. The fraction of sp³-hybridized carbons (Fsp3) is 0.667. The first-order valence-electron chi connectivity index (χ1n) is 8.43. The predicted octanol–water partition coefficient (Wildman–Crippen LogP) is 3.02. The van der Waals surface area contributed by atoms with Crippen LogP contribution in [0.1, 0.15) is 50.7 Å². The number of nitrogens with two attached hydrogens (primary N) is 1. The molecule has 0 heterocycles. The van der Waals surface area contributed by atoms with Gasteiger partial charge < -0.3 is 0 Å². The van der Waals surface area contributed by atoms with Crippen molar-refractivity contribution in [3.05, 3.63) is 35.4 Å². The van der Waals surface area contributed by atoms with E-state index in [-0.39, 0.29) is 5.54 Å². The second-order valence-electron chi connectivity index (χ2n) is 6.39. The maximum absolute atomic E-state index is 5.99. The van der Waals surface area contributed by atoms with Crippen LogP contribution in [-0.4, -0.2) is 29.6 Å². The third kappa shape index (κ3) is 3.47. The Morgan fingerprint density at radius 1 is 1.14 bits per heavy atom.